The summed E-state index contributed by atoms with van der Waals surface area (Å²) < 4.78 is 1.21. The summed E-state index contributed by atoms with van der Waals surface area (Å²) in [5, 5.41) is 3.55. The fraction of sp³-hybridized carbons (Fsp3) is 0.571. The monoisotopic (exact) mass is 281 g/mol. The zero-order chi connectivity index (χ0) is 11.5. The van der Waals surface area contributed by atoms with Crippen molar-refractivity contribution in [2.24, 2.45) is 5.92 Å². The standard InChI is InChI=1S/C14H20BrN/c1-3-16-10(2)11-4-5-13-9-14(15)7-6-12(13)8-11/h6-7,9-11,16H,3-5,8H2,1-2H3. The molecule has 16 heavy (non-hydrogen) atoms. The molecule has 1 aromatic rings. The Hall–Kier alpha value is -0.340. The largest absolute Gasteiger partial charge is 0.314 e. The second kappa shape index (κ2) is 5.33. The highest BCUT2D eigenvalue weighted by Crippen LogP contribution is 2.29. The minimum atomic E-state index is 0.641. The molecule has 0 heterocycles. The van der Waals surface area contributed by atoms with Crippen molar-refractivity contribution in [3.8, 4) is 0 Å². The van der Waals surface area contributed by atoms with E-state index in [0.29, 0.717) is 6.04 Å². The zero-order valence-electron chi connectivity index (χ0n) is 10.1. The average Bonchev–Trinajstić information content (AvgIpc) is 2.28. The van der Waals surface area contributed by atoms with E-state index in [2.05, 4.69) is 53.3 Å². The molecule has 1 nitrogen and oxygen atoms in total. The summed E-state index contributed by atoms with van der Waals surface area (Å²) in [6.45, 7) is 5.58. The lowest BCUT2D eigenvalue weighted by molar-refractivity contribution is 0.343. The third-order valence-corrected chi connectivity index (χ3v) is 4.16. The minimum Gasteiger partial charge on any atom is -0.314 e. The summed E-state index contributed by atoms with van der Waals surface area (Å²) in [6, 6.07) is 7.37. The van der Waals surface area contributed by atoms with Crippen molar-refractivity contribution >= 4 is 15.9 Å². The number of fused-ring (bicyclic) bond motifs is 1. The van der Waals surface area contributed by atoms with Gasteiger partial charge in [0, 0.05) is 10.5 Å². The number of nitrogens with one attached hydrogen (secondary N) is 1. The van der Waals surface area contributed by atoms with Crippen LogP contribution >= 0.6 is 15.9 Å². The molecule has 2 unspecified atom stereocenters. The maximum Gasteiger partial charge on any atom is 0.0178 e. The van der Waals surface area contributed by atoms with Crippen LogP contribution in [0.4, 0.5) is 0 Å². The molecule has 0 aliphatic heterocycles. The molecule has 0 bridgehead atoms. The first-order valence-corrected chi connectivity index (χ1v) is 7.00. The van der Waals surface area contributed by atoms with Gasteiger partial charge in [-0.3, -0.25) is 0 Å². The summed E-state index contributed by atoms with van der Waals surface area (Å²) in [5.41, 5.74) is 3.08. The molecule has 0 radical (unpaired) electrons. The van der Waals surface area contributed by atoms with E-state index in [1.54, 1.807) is 5.56 Å². The van der Waals surface area contributed by atoms with Crippen LogP contribution in [0.5, 0.6) is 0 Å². The van der Waals surface area contributed by atoms with E-state index in [4.69, 9.17) is 0 Å². The summed E-state index contributed by atoms with van der Waals surface area (Å²) in [5.74, 6) is 0.800. The maximum absolute atomic E-state index is 3.55. The number of aryl methyl sites for hydroxylation is 1. The number of hydrogen-bond acceptors (Lipinski definition) is 1. The molecule has 0 spiro atoms. The van der Waals surface area contributed by atoms with Crippen LogP contribution in [0.2, 0.25) is 0 Å². The predicted molar refractivity (Wildman–Crippen MR) is 72.8 cm³/mol. The van der Waals surface area contributed by atoms with Crippen LogP contribution in [0.1, 0.15) is 31.4 Å². The third-order valence-electron chi connectivity index (χ3n) is 3.67. The fourth-order valence-electron chi connectivity index (χ4n) is 2.67. The van der Waals surface area contributed by atoms with Crippen LogP contribution in [0.15, 0.2) is 22.7 Å². The SMILES string of the molecule is CCNC(C)C1CCc2cc(Br)ccc2C1. The molecule has 1 aromatic carbocycles. The van der Waals surface area contributed by atoms with Crippen LogP contribution in [-0.2, 0) is 12.8 Å². The fourth-order valence-corrected chi connectivity index (χ4v) is 3.08. The van der Waals surface area contributed by atoms with Crippen LogP contribution in [0, 0.1) is 5.92 Å². The number of benzene rings is 1. The van der Waals surface area contributed by atoms with Crippen LogP contribution < -0.4 is 5.32 Å². The van der Waals surface area contributed by atoms with Crippen molar-refractivity contribution in [2.75, 3.05) is 6.54 Å². The molecule has 1 aliphatic rings. The second-order valence-electron chi connectivity index (χ2n) is 4.76. The molecule has 0 saturated carbocycles. The Morgan fingerprint density at radius 2 is 2.25 bits per heavy atom. The van der Waals surface area contributed by atoms with Gasteiger partial charge in [0.2, 0.25) is 0 Å². The summed E-state index contributed by atoms with van der Waals surface area (Å²) in [4.78, 5) is 0. The van der Waals surface area contributed by atoms with Gasteiger partial charge in [-0.15, -0.1) is 0 Å². The molecule has 2 rings (SSSR count). The number of hydrogen-bond donors (Lipinski definition) is 1. The van der Waals surface area contributed by atoms with Gasteiger partial charge in [0.1, 0.15) is 0 Å². The van der Waals surface area contributed by atoms with Crippen molar-refractivity contribution in [1.82, 2.24) is 5.32 Å². The number of rotatable bonds is 3. The molecule has 0 aromatic heterocycles. The Morgan fingerprint density at radius 1 is 1.44 bits per heavy atom. The van der Waals surface area contributed by atoms with E-state index in [9.17, 15) is 0 Å². The molecule has 0 amide bonds. The zero-order valence-corrected chi connectivity index (χ0v) is 11.7. The van der Waals surface area contributed by atoms with Gasteiger partial charge in [-0.1, -0.05) is 28.9 Å². The lowest BCUT2D eigenvalue weighted by Gasteiger charge is -2.30. The molecule has 0 saturated heterocycles. The van der Waals surface area contributed by atoms with Crippen molar-refractivity contribution < 1.29 is 0 Å². The van der Waals surface area contributed by atoms with Gasteiger partial charge in [0.25, 0.3) is 0 Å². The van der Waals surface area contributed by atoms with Crippen molar-refractivity contribution in [1.29, 1.82) is 0 Å². The highest BCUT2D eigenvalue weighted by Gasteiger charge is 2.22. The summed E-state index contributed by atoms with van der Waals surface area (Å²) in [6.07, 6.45) is 3.78. The van der Waals surface area contributed by atoms with Gasteiger partial charge in [-0.2, -0.15) is 0 Å². The smallest absolute Gasteiger partial charge is 0.0178 e. The van der Waals surface area contributed by atoms with Gasteiger partial charge in [0.15, 0.2) is 0 Å². The highest BCUT2D eigenvalue weighted by molar-refractivity contribution is 9.10. The van der Waals surface area contributed by atoms with Crippen molar-refractivity contribution in [3.63, 3.8) is 0 Å². The molecular formula is C14H20BrN. The molecule has 2 heteroatoms. The topological polar surface area (TPSA) is 12.0 Å². The molecule has 2 atom stereocenters. The van der Waals surface area contributed by atoms with Crippen LogP contribution in [0.25, 0.3) is 0 Å². The second-order valence-corrected chi connectivity index (χ2v) is 5.68. The van der Waals surface area contributed by atoms with E-state index >= 15 is 0 Å². The minimum absolute atomic E-state index is 0.641. The third kappa shape index (κ3) is 2.67. The van der Waals surface area contributed by atoms with Gasteiger partial charge >= 0.3 is 0 Å². The van der Waals surface area contributed by atoms with Gasteiger partial charge in [-0.25, -0.2) is 0 Å². The Balaban J connectivity index is 2.09. The van der Waals surface area contributed by atoms with E-state index in [1.165, 1.54) is 29.3 Å². The molecular weight excluding hydrogens is 262 g/mol. The van der Waals surface area contributed by atoms with Gasteiger partial charge < -0.3 is 5.32 Å². The van der Waals surface area contributed by atoms with Crippen LogP contribution in [0.3, 0.4) is 0 Å². The van der Waals surface area contributed by atoms with Crippen LogP contribution in [-0.4, -0.2) is 12.6 Å². The van der Waals surface area contributed by atoms with Gasteiger partial charge in [-0.05, 0) is 61.9 Å². The average molecular weight is 282 g/mol. The van der Waals surface area contributed by atoms with E-state index < -0.39 is 0 Å². The Labute approximate surface area is 107 Å². The first-order chi connectivity index (χ1) is 7.70. The molecule has 0 fully saturated rings. The Bertz CT molecular complexity index is 362. The van der Waals surface area contributed by atoms with E-state index in [-0.39, 0.29) is 0 Å². The van der Waals surface area contributed by atoms with E-state index in [0.717, 1.165) is 12.5 Å². The Kier molecular flexibility index (Phi) is 4.04. The summed E-state index contributed by atoms with van der Waals surface area (Å²) >= 11 is 3.55. The normalized spacial score (nSPS) is 21.6. The maximum atomic E-state index is 3.55. The highest BCUT2D eigenvalue weighted by atomic mass is 79.9. The van der Waals surface area contributed by atoms with Crippen molar-refractivity contribution in [3.05, 3.63) is 33.8 Å². The lowest BCUT2D eigenvalue weighted by atomic mass is 9.80. The Morgan fingerprint density at radius 3 is 3.00 bits per heavy atom. The summed E-state index contributed by atoms with van der Waals surface area (Å²) in [7, 11) is 0. The molecule has 1 N–H and O–H groups in total. The van der Waals surface area contributed by atoms with Crippen molar-refractivity contribution in [2.45, 2.75) is 39.2 Å². The molecule has 1 aliphatic carbocycles. The lowest BCUT2D eigenvalue weighted by Crippen LogP contribution is -2.36. The van der Waals surface area contributed by atoms with E-state index in [1.807, 2.05) is 0 Å². The first-order valence-electron chi connectivity index (χ1n) is 6.21. The quantitative estimate of drug-likeness (QED) is 0.894. The van der Waals surface area contributed by atoms with Gasteiger partial charge in [0.05, 0.1) is 0 Å². The predicted octanol–water partition coefficient (Wildman–Crippen LogP) is 3.55. The first kappa shape index (κ1) is 12.1. The number of halogens is 1. The molecule has 88 valence electrons.